The third kappa shape index (κ3) is 1.84. The van der Waals surface area contributed by atoms with Crippen LogP contribution in [-0.4, -0.2) is 5.97 Å². The first-order valence-electron chi connectivity index (χ1n) is 6.34. The first-order valence-corrected chi connectivity index (χ1v) is 6.34. The number of hydrogen-bond acceptors (Lipinski definition) is 4. The van der Waals surface area contributed by atoms with Gasteiger partial charge in [-0.05, 0) is 18.4 Å². The number of fused-ring (bicyclic) bond motifs is 3. The van der Waals surface area contributed by atoms with E-state index in [1.807, 2.05) is 13.8 Å². The minimum atomic E-state index is -0.445. The molecule has 19 heavy (non-hydrogen) atoms. The maximum atomic E-state index is 12.0. The van der Waals surface area contributed by atoms with Gasteiger partial charge in [-0.1, -0.05) is 32.0 Å². The number of carbonyl (C=O) groups is 1. The average molecular weight is 258 g/mol. The number of benzene rings is 1. The summed E-state index contributed by atoms with van der Waals surface area (Å²) in [7, 11) is 0. The molecule has 0 spiro atoms. The monoisotopic (exact) mass is 258 g/mol. The number of cyclic esters (lactones) is 1. The molecule has 0 saturated carbocycles. The number of esters is 1. The molecule has 98 valence electrons. The molecule has 0 radical (unpaired) electrons. The predicted octanol–water partition coefficient (Wildman–Crippen LogP) is 3.05. The summed E-state index contributed by atoms with van der Waals surface area (Å²) in [5.41, 5.74) is -0.0118. The van der Waals surface area contributed by atoms with Crippen LogP contribution in [0.5, 0.6) is 0 Å². The molecule has 1 aliphatic rings. The fourth-order valence-electron chi connectivity index (χ4n) is 2.48. The fourth-order valence-corrected chi connectivity index (χ4v) is 2.48. The van der Waals surface area contributed by atoms with Crippen LogP contribution in [0, 0.1) is 5.92 Å². The lowest BCUT2D eigenvalue weighted by Crippen LogP contribution is -2.06. The van der Waals surface area contributed by atoms with Crippen LogP contribution in [0.1, 0.15) is 42.5 Å². The number of carbonyl (C=O) groups excluding carboxylic acids is 1. The Balaban J connectivity index is 2.26. The van der Waals surface area contributed by atoms with E-state index >= 15 is 0 Å². The molecule has 4 heteroatoms. The summed E-state index contributed by atoms with van der Waals surface area (Å²) in [6.45, 7) is 4.07. The zero-order chi connectivity index (χ0) is 13.6. The molecular weight excluding hydrogens is 244 g/mol. The van der Waals surface area contributed by atoms with Gasteiger partial charge < -0.3 is 9.15 Å². The zero-order valence-corrected chi connectivity index (χ0v) is 10.8. The highest BCUT2D eigenvalue weighted by atomic mass is 16.6. The maximum Gasteiger partial charge on any atom is 0.344 e. The van der Waals surface area contributed by atoms with Gasteiger partial charge in [-0.15, -0.1) is 0 Å². The Morgan fingerprint density at radius 3 is 2.53 bits per heavy atom. The third-order valence-corrected chi connectivity index (χ3v) is 3.30. The van der Waals surface area contributed by atoms with Gasteiger partial charge in [0, 0.05) is 5.39 Å². The molecule has 2 heterocycles. The normalized spacial score (nSPS) is 17.8. The van der Waals surface area contributed by atoms with Crippen molar-refractivity contribution in [3.63, 3.8) is 0 Å². The van der Waals surface area contributed by atoms with Crippen LogP contribution in [0.25, 0.3) is 10.8 Å². The van der Waals surface area contributed by atoms with Gasteiger partial charge in [0.2, 0.25) is 0 Å². The Hall–Kier alpha value is -2.10. The van der Waals surface area contributed by atoms with Gasteiger partial charge in [-0.3, -0.25) is 0 Å². The van der Waals surface area contributed by atoms with Crippen LogP contribution in [0.2, 0.25) is 0 Å². The summed E-state index contributed by atoms with van der Waals surface area (Å²) in [6, 6.07) is 6.96. The third-order valence-electron chi connectivity index (χ3n) is 3.30. The van der Waals surface area contributed by atoms with Crippen molar-refractivity contribution in [1.29, 1.82) is 0 Å². The lowest BCUT2D eigenvalue weighted by Gasteiger charge is -2.11. The van der Waals surface area contributed by atoms with E-state index in [-0.39, 0.29) is 0 Å². The van der Waals surface area contributed by atoms with Crippen LogP contribution in [0.4, 0.5) is 0 Å². The Bertz CT molecular complexity index is 712. The summed E-state index contributed by atoms with van der Waals surface area (Å²) >= 11 is 0. The van der Waals surface area contributed by atoms with Crippen molar-refractivity contribution in [3.05, 3.63) is 46.0 Å². The van der Waals surface area contributed by atoms with E-state index in [9.17, 15) is 9.59 Å². The quantitative estimate of drug-likeness (QED) is 0.777. The first-order chi connectivity index (χ1) is 9.08. The molecule has 2 aromatic rings. The fraction of sp³-hybridized carbons (Fsp3) is 0.333. The van der Waals surface area contributed by atoms with Crippen molar-refractivity contribution >= 4 is 16.7 Å². The Kier molecular flexibility index (Phi) is 2.66. The lowest BCUT2D eigenvalue weighted by molar-refractivity contribution is 0.0307. The van der Waals surface area contributed by atoms with E-state index in [1.54, 1.807) is 24.3 Å². The second-order valence-corrected chi connectivity index (χ2v) is 5.20. The summed E-state index contributed by atoms with van der Waals surface area (Å²) < 4.78 is 10.6. The van der Waals surface area contributed by atoms with Gasteiger partial charge in [-0.25, -0.2) is 9.59 Å². The number of ether oxygens (including phenoxy) is 1. The van der Waals surface area contributed by atoms with Crippen molar-refractivity contribution < 1.29 is 13.9 Å². The molecule has 1 aromatic carbocycles. The van der Waals surface area contributed by atoms with Gasteiger partial charge in [-0.2, -0.15) is 0 Å². The van der Waals surface area contributed by atoms with Crippen LogP contribution < -0.4 is 5.63 Å². The van der Waals surface area contributed by atoms with Gasteiger partial charge in [0.05, 0.1) is 5.39 Å². The molecule has 0 saturated heterocycles. The molecule has 0 unspecified atom stereocenters. The topological polar surface area (TPSA) is 56.5 Å². The molecule has 0 N–H and O–H groups in total. The molecular formula is C15H14O4. The van der Waals surface area contributed by atoms with E-state index in [0.29, 0.717) is 34.4 Å². The van der Waals surface area contributed by atoms with Gasteiger partial charge >= 0.3 is 11.6 Å². The Morgan fingerprint density at radius 1 is 1.16 bits per heavy atom. The summed E-state index contributed by atoms with van der Waals surface area (Å²) in [5.74, 6) is 0.323. The van der Waals surface area contributed by atoms with Crippen LogP contribution in [0.15, 0.2) is 33.5 Å². The van der Waals surface area contributed by atoms with E-state index < -0.39 is 17.7 Å². The van der Waals surface area contributed by atoms with Crippen molar-refractivity contribution in [2.75, 3.05) is 0 Å². The van der Waals surface area contributed by atoms with E-state index in [4.69, 9.17) is 9.15 Å². The second-order valence-electron chi connectivity index (χ2n) is 5.20. The predicted molar refractivity (Wildman–Crippen MR) is 70.1 cm³/mol. The maximum absolute atomic E-state index is 12.0. The minimum Gasteiger partial charge on any atom is -0.450 e. The molecule has 1 aliphatic heterocycles. The molecule has 3 rings (SSSR count). The van der Waals surface area contributed by atoms with Crippen molar-refractivity contribution in [2.45, 2.75) is 26.4 Å². The molecule has 0 fully saturated rings. The summed E-state index contributed by atoms with van der Waals surface area (Å²) in [6.07, 6.45) is 0.208. The molecule has 0 bridgehead atoms. The lowest BCUT2D eigenvalue weighted by atomic mass is 10.0. The molecule has 1 atom stereocenters. The average Bonchev–Trinajstić information content (AvgIpc) is 2.66. The molecule has 0 aliphatic carbocycles. The smallest absolute Gasteiger partial charge is 0.344 e. The Morgan fingerprint density at radius 2 is 1.84 bits per heavy atom. The SMILES string of the molecule is CC(C)C[C@H]1OC(=O)c2c1oc(=O)c1ccccc21. The highest BCUT2D eigenvalue weighted by Gasteiger charge is 2.36. The molecule has 1 aromatic heterocycles. The molecule has 4 nitrogen and oxygen atoms in total. The van der Waals surface area contributed by atoms with E-state index in [0.717, 1.165) is 0 Å². The van der Waals surface area contributed by atoms with Crippen molar-refractivity contribution in [3.8, 4) is 0 Å². The highest BCUT2D eigenvalue weighted by molar-refractivity contribution is 6.06. The minimum absolute atomic E-state index is 0.348. The summed E-state index contributed by atoms with van der Waals surface area (Å²) in [4.78, 5) is 23.9. The van der Waals surface area contributed by atoms with Crippen molar-refractivity contribution in [1.82, 2.24) is 0 Å². The number of hydrogen-bond donors (Lipinski definition) is 0. The standard InChI is InChI=1S/C15H14O4/c1-8(2)7-11-13-12(15(17)18-11)9-5-3-4-6-10(9)14(16)19-13/h3-6,8,11H,7H2,1-2H3/t11-/m1/s1. The largest absolute Gasteiger partial charge is 0.450 e. The zero-order valence-electron chi connectivity index (χ0n) is 10.8. The van der Waals surface area contributed by atoms with Crippen LogP contribution >= 0.6 is 0 Å². The van der Waals surface area contributed by atoms with Gasteiger partial charge in [0.25, 0.3) is 0 Å². The van der Waals surface area contributed by atoms with Crippen LogP contribution in [0.3, 0.4) is 0 Å². The highest BCUT2D eigenvalue weighted by Crippen LogP contribution is 2.37. The Labute approximate surface area is 110 Å². The second kappa shape index (κ2) is 4.23. The summed E-state index contributed by atoms with van der Waals surface area (Å²) in [5, 5.41) is 1.04. The van der Waals surface area contributed by atoms with E-state index in [1.165, 1.54) is 0 Å². The van der Waals surface area contributed by atoms with Crippen LogP contribution in [-0.2, 0) is 4.74 Å². The first kappa shape index (κ1) is 12.0. The van der Waals surface area contributed by atoms with Crippen molar-refractivity contribution in [2.24, 2.45) is 5.92 Å². The number of rotatable bonds is 2. The van der Waals surface area contributed by atoms with E-state index in [2.05, 4.69) is 0 Å². The molecule has 0 amide bonds. The van der Waals surface area contributed by atoms with Gasteiger partial charge in [0.15, 0.2) is 11.9 Å². The van der Waals surface area contributed by atoms with Gasteiger partial charge in [0.1, 0.15) is 5.56 Å².